The molecule has 0 bridgehead atoms. The lowest BCUT2D eigenvalue weighted by molar-refractivity contribution is -0.127. The molecule has 1 N–H and O–H groups in total. The number of halogens is 1. The average Bonchev–Trinajstić information content (AvgIpc) is 2.40. The monoisotopic (exact) mass is 280 g/mol. The molecule has 0 spiro atoms. The van der Waals surface area contributed by atoms with Crippen molar-refractivity contribution in [2.45, 2.75) is 39.3 Å². The van der Waals surface area contributed by atoms with Crippen LogP contribution in [0.4, 0.5) is 0 Å². The standard InChI is InChI=1S/C14H17ClN2O2/c1-4-9(2)17-14(18)10(3)19-13-6-5-11(8-16)7-12(13)15/h5-7,9-10H,4H2,1-3H3,(H,17,18). The summed E-state index contributed by atoms with van der Waals surface area (Å²) in [4.78, 5) is 11.8. The van der Waals surface area contributed by atoms with Crippen molar-refractivity contribution >= 4 is 17.5 Å². The second kappa shape index (κ2) is 7.01. The Bertz CT molecular complexity index is 497. The van der Waals surface area contributed by atoms with Gasteiger partial charge in [-0.05, 0) is 38.5 Å². The van der Waals surface area contributed by atoms with E-state index in [1.807, 2.05) is 19.9 Å². The number of ether oxygens (including phenoxy) is 1. The van der Waals surface area contributed by atoms with Gasteiger partial charge in [-0.1, -0.05) is 18.5 Å². The van der Waals surface area contributed by atoms with Crippen LogP contribution < -0.4 is 10.1 Å². The van der Waals surface area contributed by atoms with Gasteiger partial charge in [0.25, 0.3) is 5.91 Å². The largest absolute Gasteiger partial charge is 0.479 e. The highest BCUT2D eigenvalue weighted by Crippen LogP contribution is 2.26. The second-order valence-electron chi connectivity index (χ2n) is 4.33. The zero-order valence-corrected chi connectivity index (χ0v) is 12.0. The van der Waals surface area contributed by atoms with Gasteiger partial charge in [-0.2, -0.15) is 5.26 Å². The molecule has 0 radical (unpaired) electrons. The Labute approximate surface area is 118 Å². The third-order valence-electron chi connectivity index (χ3n) is 2.73. The first-order valence-corrected chi connectivity index (χ1v) is 6.52. The molecule has 0 aliphatic heterocycles. The van der Waals surface area contributed by atoms with Gasteiger partial charge in [0.15, 0.2) is 6.10 Å². The van der Waals surface area contributed by atoms with Crippen LogP contribution in [0.15, 0.2) is 18.2 Å². The lowest BCUT2D eigenvalue weighted by Gasteiger charge is -2.18. The number of hydrogen-bond donors (Lipinski definition) is 1. The number of benzene rings is 1. The number of amides is 1. The summed E-state index contributed by atoms with van der Waals surface area (Å²) in [5, 5.41) is 11.9. The van der Waals surface area contributed by atoms with Gasteiger partial charge >= 0.3 is 0 Å². The Hall–Kier alpha value is -1.73. The van der Waals surface area contributed by atoms with E-state index in [2.05, 4.69) is 5.32 Å². The van der Waals surface area contributed by atoms with E-state index in [0.717, 1.165) is 6.42 Å². The fraction of sp³-hybridized carbons (Fsp3) is 0.429. The molecule has 0 aliphatic carbocycles. The maximum atomic E-state index is 11.8. The van der Waals surface area contributed by atoms with Crippen molar-refractivity contribution in [3.63, 3.8) is 0 Å². The van der Waals surface area contributed by atoms with Crippen LogP contribution in [0.2, 0.25) is 5.02 Å². The minimum atomic E-state index is -0.639. The number of carbonyl (C=O) groups is 1. The zero-order valence-electron chi connectivity index (χ0n) is 11.2. The minimum absolute atomic E-state index is 0.106. The molecule has 0 saturated carbocycles. The number of rotatable bonds is 5. The lowest BCUT2D eigenvalue weighted by Crippen LogP contribution is -2.41. The van der Waals surface area contributed by atoms with Gasteiger partial charge in [-0.3, -0.25) is 4.79 Å². The van der Waals surface area contributed by atoms with Crippen LogP contribution in [0.3, 0.4) is 0 Å². The normalized spacial score (nSPS) is 13.2. The van der Waals surface area contributed by atoms with Crippen molar-refractivity contribution in [1.82, 2.24) is 5.32 Å². The Morgan fingerprint density at radius 2 is 2.21 bits per heavy atom. The molecule has 1 aromatic rings. The third-order valence-corrected chi connectivity index (χ3v) is 3.03. The van der Waals surface area contributed by atoms with Crippen LogP contribution in [-0.4, -0.2) is 18.1 Å². The summed E-state index contributed by atoms with van der Waals surface area (Å²) in [6.07, 6.45) is 0.218. The molecule has 0 aromatic heterocycles. The molecular weight excluding hydrogens is 264 g/mol. The van der Waals surface area contributed by atoms with Gasteiger partial charge < -0.3 is 10.1 Å². The average molecular weight is 281 g/mol. The number of nitrogens with zero attached hydrogens (tertiary/aromatic N) is 1. The summed E-state index contributed by atoms with van der Waals surface area (Å²) in [5.74, 6) is 0.210. The summed E-state index contributed by atoms with van der Waals surface area (Å²) in [6, 6.07) is 6.79. The minimum Gasteiger partial charge on any atom is -0.479 e. The highest BCUT2D eigenvalue weighted by atomic mass is 35.5. The maximum Gasteiger partial charge on any atom is 0.260 e. The number of nitriles is 1. The number of hydrogen-bond acceptors (Lipinski definition) is 3. The Morgan fingerprint density at radius 3 is 2.74 bits per heavy atom. The van der Waals surface area contributed by atoms with Gasteiger partial charge in [0.05, 0.1) is 16.7 Å². The Morgan fingerprint density at radius 1 is 1.53 bits per heavy atom. The number of carbonyl (C=O) groups excluding carboxylic acids is 1. The van der Waals surface area contributed by atoms with E-state index < -0.39 is 6.10 Å². The fourth-order valence-electron chi connectivity index (χ4n) is 1.37. The first kappa shape index (κ1) is 15.3. The second-order valence-corrected chi connectivity index (χ2v) is 4.74. The van der Waals surface area contributed by atoms with Crippen molar-refractivity contribution in [3.05, 3.63) is 28.8 Å². The van der Waals surface area contributed by atoms with Crippen LogP contribution in [-0.2, 0) is 4.79 Å². The van der Waals surface area contributed by atoms with Crippen LogP contribution in [0.5, 0.6) is 5.75 Å². The van der Waals surface area contributed by atoms with Crippen molar-refractivity contribution in [3.8, 4) is 11.8 Å². The molecule has 1 rings (SSSR count). The smallest absolute Gasteiger partial charge is 0.260 e. The van der Waals surface area contributed by atoms with Crippen LogP contribution in [0.25, 0.3) is 0 Å². The molecule has 5 heteroatoms. The molecule has 0 saturated heterocycles. The van der Waals surface area contributed by atoms with E-state index in [1.54, 1.807) is 19.1 Å². The van der Waals surface area contributed by atoms with E-state index in [4.69, 9.17) is 21.6 Å². The highest BCUT2D eigenvalue weighted by Gasteiger charge is 2.17. The molecular formula is C14H17ClN2O2. The first-order valence-electron chi connectivity index (χ1n) is 6.14. The summed E-state index contributed by atoms with van der Waals surface area (Å²) in [6.45, 7) is 5.58. The summed E-state index contributed by atoms with van der Waals surface area (Å²) >= 11 is 5.98. The lowest BCUT2D eigenvalue weighted by atomic mass is 10.2. The van der Waals surface area contributed by atoms with Crippen LogP contribution >= 0.6 is 11.6 Å². The SMILES string of the molecule is CCC(C)NC(=O)C(C)Oc1ccc(C#N)cc1Cl. The van der Waals surface area contributed by atoms with E-state index in [9.17, 15) is 4.79 Å². The van der Waals surface area contributed by atoms with Crippen molar-refractivity contribution in [2.24, 2.45) is 0 Å². The highest BCUT2D eigenvalue weighted by molar-refractivity contribution is 6.32. The third kappa shape index (κ3) is 4.46. The van der Waals surface area contributed by atoms with E-state index in [0.29, 0.717) is 16.3 Å². The van der Waals surface area contributed by atoms with E-state index in [1.165, 1.54) is 6.07 Å². The summed E-state index contributed by atoms with van der Waals surface area (Å²) in [5.41, 5.74) is 0.453. The quantitative estimate of drug-likeness (QED) is 0.902. The van der Waals surface area contributed by atoms with Crippen LogP contribution in [0, 0.1) is 11.3 Å². The molecule has 19 heavy (non-hydrogen) atoms. The van der Waals surface area contributed by atoms with E-state index >= 15 is 0 Å². The van der Waals surface area contributed by atoms with Gasteiger partial charge in [-0.25, -0.2) is 0 Å². The van der Waals surface area contributed by atoms with Crippen molar-refractivity contribution in [1.29, 1.82) is 5.26 Å². The molecule has 0 heterocycles. The topological polar surface area (TPSA) is 62.1 Å². The maximum absolute atomic E-state index is 11.8. The van der Waals surface area contributed by atoms with Gasteiger partial charge in [-0.15, -0.1) is 0 Å². The summed E-state index contributed by atoms with van der Waals surface area (Å²) in [7, 11) is 0. The first-order chi connectivity index (χ1) is 8.97. The molecule has 0 fully saturated rings. The van der Waals surface area contributed by atoms with E-state index in [-0.39, 0.29) is 11.9 Å². The zero-order chi connectivity index (χ0) is 14.4. The van der Waals surface area contributed by atoms with Gasteiger partial charge in [0, 0.05) is 6.04 Å². The van der Waals surface area contributed by atoms with Crippen molar-refractivity contribution < 1.29 is 9.53 Å². The molecule has 2 unspecified atom stereocenters. The molecule has 102 valence electrons. The molecule has 4 nitrogen and oxygen atoms in total. The fourth-order valence-corrected chi connectivity index (χ4v) is 1.60. The molecule has 0 aliphatic rings. The molecule has 1 aromatic carbocycles. The van der Waals surface area contributed by atoms with Crippen LogP contribution in [0.1, 0.15) is 32.8 Å². The Balaban J connectivity index is 2.69. The van der Waals surface area contributed by atoms with Gasteiger partial charge in [0.2, 0.25) is 0 Å². The Kier molecular flexibility index (Phi) is 5.65. The predicted octanol–water partition coefficient (Wildman–Crippen LogP) is 2.89. The van der Waals surface area contributed by atoms with Crippen molar-refractivity contribution in [2.75, 3.05) is 0 Å². The summed E-state index contributed by atoms with van der Waals surface area (Å²) < 4.78 is 5.50. The molecule has 2 atom stereocenters. The molecule has 1 amide bonds. The number of nitrogens with one attached hydrogen (secondary N) is 1. The van der Waals surface area contributed by atoms with Gasteiger partial charge in [0.1, 0.15) is 5.75 Å². The predicted molar refractivity (Wildman–Crippen MR) is 74.2 cm³/mol.